The van der Waals surface area contributed by atoms with Gasteiger partial charge in [0.1, 0.15) is 0 Å². The molecule has 0 nitrogen and oxygen atoms in total. The Balaban J connectivity index is -0.0000000460. The van der Waals surface area contributed by atoms with E-state index in [1.54, 1.807) is 0 Å². The third kappa shape index (κ3) is 18.6. The summed E-state index contributed by atoms with van der Waals surface area (Å²) in [4.78, 5) is 0. The van der Waals surface area contributed by atoms with Crippen molar-refractivity contribution in [2.24, 2.45) is 0 Å². The maximum absolute atomic E-state index is 2.08. The molecule has 0 amide bonds. The van der Waals surface area contributed by atoms with Gasteiger partial charge in [-0.2, -0.15) is 36.4 Å². The number of halogens is 2. The standard InChI is InChI=1S/2C6H7.2CH3.2ClH.H2Si.Ti/c2*1-6-4-2-3-5-6;;;;;;/h2*2-5H,1H3;2*1H3;2*1H;1H2;/q4*-1;;;;. The summed E-state index contributed by atoms with van der Waals surface area (Å²) < 4.78 is 0. The Kier molecular flexibility index (Phi) is 38.5. The summed E-state index contributed by atoms with van der Waals surface area (Å²) in [6, 6.07) is 16.5. The van der Waals surface area contributed by atoms with Gasteiger partial charge in [0, 0.05) is 0 Å². The van der Waals surface area contributed by atoms with Crippen LogP contribution in [0.4, 0.5) is 0 Å². The minimum atomic E-state index is 0. The molecule has 0 heterocycles. The number of hydrogen-bond acceptors (Lipinski definition) is 0. The molecule has 18 heavy (non-hydrogen) atoms. The molecule has 0 atom stereocenters. The van der Waals surface area contributed by atoms with Crippen LogP contribution >= 0.6 is 24.8 Å². The van der Waals surface area contributed by atoms with E-state index in [1.165, 1.54) is 11.1 Å². The zero-order valence-electron chi connectivity index (χ0n) is 11.6. The van der Waals surface area contributed by atoms with E-state index in [-0.39, 0.29) is 39.7 Å². The summed E-state index contributed by atoms with van der Waals surface area (Å²) in [6.07, 6.45) is 0. The van der Waals surface area contributed by atoms with Crippen LogP contribution in [0.1, 0.15) is 11.1 Å². The molecule has 0 aliphatic heterocycles. The van der Waals surface area contributed by atoms with Crippen LogP contribution in [0.2, 0.25) is 0 Å². The summed E-state index contributed by atoms with van der Waals surface area (Å²) in [7, 11) is 1.86. The summed E-state index contributed by atoms with van der Waals surface area (Å²) in [5.41, 5.74) is 2.69. The molecular weight excluding hydrogens is 315 g/mol. The van der Waals surface area contributed by atoms with Crippen LogP contribution in [0.3, 0.4) is 0 Å². The van der Waals surface area contributed by atoms with Crippen molar-refractivity contribution in [3.05, 3.63) is 74.5 Å². The van der Waals surface area contributed by atoms with Crippen LogP contribution < -0.4 is 0 Å². The van der Waals surface area contributed by atoms with Crippen LogP contribution in [0.15, 0.2) is 48.5 Å². The van der Waals surface area contributed by atoms with Crippen molar-refractivity contribution in [1.82, 2.24) is 0 Å². The molecule has 4 heteroatoms. The molecule has 0 fully saturated rings. The minimum absolute atomic E-state index is 0. The Bertz CT molecular complexity index is 272. The van der Waals surface area contributed by atoms with Crippen LogP contribution in [0, 0.1) is 28.7 Å². The van der Waals surface area contributed by atoms with Crippen LogP contribution in [0.5, 0.6) is 0 Å². The van der Waals surface area contributed by atoms with Gasteiger partial charge in [-0.05, 0) is 0 Å². The van der Waals surface area contributed by atoms with Gasteiger partial charge in [-0.15, -0.1) is 24.8 Å². The number of hydrogen-bond donors (Lipinski definition) is 0. The van der Waals surface area contributed by atoms with E-state index in [2.05, 4.69) is 38.1 Å². The molecule has 0 radical (unpaired) electrons. The van der Waals surface area contributed by atoms with Gasteiger partial charge in [-0.1, -0.05) is 13.8 Å². The monoisotopic (exact) mass is 338 g/mol. The molecule has 2 aromatic carbocycles. The quantitative estimate of drug-likeness (QED) is 0.497. The molecule has 106 valence electrons. The van der Waals surface area contributed by atoms with Crippen molar-refractivity contribution >= 4 is 32.4 Å². The Morgan fingerprint density at radius 1 is 0.833 bits per heavy atom. The van der Waals surface area contributed by atoms with Crippen LogP contribution in [-0.4, -0.2) is 7.63 Å². The fourth-order valence-electron chi connectivity index (χ4n) is 0.940. The van der Waals surface area contributed by atoms with Gasteiger partial charge < -0.3 is 14.9 Å². The third-order valence-electron chi connectivity index (χ3n) is 1.66. The molecule has 0 bridgehead atoms. The van der Waals surface area contributed by atoms with Gasteiger partial charge >= 0.3 is 26.8 Å². The van der Waals surface area contributed by atoms with E-state index in [0.717, 1.165) is 0 Å². The Morgan fingerprint density at radius 3 is 1.17 bits per heavy atom. The second-order valence-electron chi connectivity index (χ2n) is 2.92. The molecule has 2 aromatic rings. The van der Waals surface area contributed by atoms with Crippen LogP contribution in [-0.2, 0) is 19.2 Å². The molecule has 2 rings (SSSR count). The van der Waals surface area contributed by atoms with Gasteiger partial charge in [-0.25, -0.2) is 23.3 Å². The van der Waals surface area contributed by atoms with Gasteiger partial charge in [0.2, 0.25) is 0 Å². The first kappa shape index (κ1) is 30.9. The predicted octanol–water partition coefficient (Wildman–Crippen LogP) is 4.25. The van der Waals surface area contributed by atoms with Crippen molar-refractivity contribution in [3.63, 3.8) is 0 Å². The van der Waals surface area contributed by atoms with Gasteiger partial charge in [0.05, 0.1) is 0 Å². The molecule has 0 saturated carbocycles. The van der Waals surface area contributed by atoms with Crippen molar-refractivity contribution in [1.29, 1.82) is 0 Å². The van der Waals surface area contributed by atoms with Crippen molar-refractivity contribution < 1.29 is 19.2 Å². The Hall–Kier alpha value is 0.211. The topological polar surface area (TPSA) is 0 Å². The SMILES string of the molecule is Cc1cc[cH-]c1.Cc1cc[cH-]c1.Cl.Cl.[CH3-].[CH3-].[SiH2]=[Ti]. The van der Waals surface area contributed by atoms with E-state index >= 15 is 0 Å². The molecule has 0 N–H and O–H groups in total. The number of aryl methyl sites for hydroxylation is 2. The summed E-state index contributed by atoms with van der Waals surface area (Å²) >= 11 is 2.03. The third-order valence-corrected chi connectivity index (χ3v) is 1.66. The summed E-state index contributed by atoms with van der Waals surface area (Å²) in [5.74, 6) is 0. The first-order valence-electron chi connectivity index (χ1n) is 4.51. The molecule has 0 aromatic heterocycles. The van der Waals surface area contributed by atoms with Gasteiger partial charge in [0.15, 0.2) is 0 Å². The second kappa shape index (κ2) is 22.4. The van der Waals surface area contributed by atoms with Crippen LogP contribution in [0.25, 0.3) is 0 Å². The van der Waals surface area contributed by atoms with Crippen molar-refractivity contribution in [2.75, 3.05) is 0 Å². The van der Waals surface area contributed by atoms with Gasteiger partial charge in [0.25, 0.3) is 0 Å². The molecule has 0 saturated heterocycles. The van der Waals surface area contributed by atoms with Gasteiger partial charge in [-0.3, -0.25) is 0 Å². The summed E-state index contributed by atoms with van der Waals surface area (Å²) in [5, 5.41) is 0. The second-order valence-corrected chi connectivity index (χ2v) is 2.92. The molecule has 0 unspecified atom stereocenters. The molecule has 0 aliphatic carbocycles. The first-order chi connectivity index (χ1) is 6.79. The zero-order chi connectivity index (χ0) is 10.8. The Morgan fingerprint density at radius 2 is 1.11 bits per heavy atom. The average molecular weight is 339 g/mol. The average Bonchev–Trinajstić information content (AvgIpc) is 2.83. The number of rotatable bonds is 0. The van der Waals surface area contributed by atoms with E-state index in [9.17, 15) is 0 Å². The molecular formula is C14H24Cl2SiTi-4. The normalized spacial score (nSPS) is 6.06. The maximum atomic E-state index is 2.08. The van der Waals surface area contributed by atoms with E-state index in [4.69, 9.17) is 0 Å². The van der Waals surface area contributed by atoms with Crippen molar-refractivity contribution in [3.8, 4) is 0 Å². The first-order valence-corrected chi connectivity index (χ1v) is 8.53. The van der Waals surface area contributed by atoms with E-state index in [0.29, 0.717) is 0 Å². The Labute approximate surface area is 139 Å². The fraction of sp³-hybridized carbons (Fsp3) is 0.143. The van der Waals surface area contributed by atoms with E-state index < -0.39 is 0 Å². The fourth-order valence-corrected chi connectivity index (χ4v) is 0.940. The van der Waals surface area contributed by atoms with Crippen molar-refractivity contribution in [2.45, 2.75) is 13.8 Å². The predicted molar refractivity (Wildman–Crippen MR) is 89.4 cm³/mol. The van der Waals surface area contributed by atoms with E-state index in [1.807, 2.05) is 51.1 Å². The molecule has 0 aliphatic rings. The zero-order valence-corrected chi connectivity index (χ0v) is 16.3. The summed E-state index contributed by atoms with van der Waals surface area (Å²) in [6.45, 7) is 4.17. The molecule has 0 spiro atoms.